The van der Waals surface area contributed by atoms with Crippen LogP contribution < -0.4 is 24.4 Å². The Morgan fingerprint density at radius 2 is 1.63 bits per heavy atom. The number of hydrogen-bond acceptors (Lipinski definition) is 7. The monoisotopic (exact) mass is 413 g/mol. The van der Waals surface area contributed by atoms with Crippen LogP contribution in [0.2, 0.25) is 0 Å². The van der Waals surface area contributed by atoms with Gasteiger partial charge in [0.05, 0.1) is 32.7 Å². The number of urea groups is 1. The molecule has 4 rings (SSSR count). The first-order chi connectivity index (χ1) is 14.6. The Balaban J connectivity index is 1.39. The van der Waals surface area contributed by atoms with Gasteiger partial charge in [0.25, 0.3) is 0 Å². The van der Waals surface area contributed by atoms with Gasteiger partial charge in [0.15, 0.2) is 17.3 Å². The molecule has 2 aliphatic rings. The average Bonchev–Trinajstić information content (AvgIpc) is 3.26. The largest absolute Gasteiger partial charge is 0.493 e. The third-order valence-corrected chi connectivity index (χ3v) is 5.61. The Morgan fingerprint density at radius 1 is 0.933 bits per heavy atom. The van der Waals surface area contributed by atoms with E-state index in [0.717, 1.165) is 43.9 Å². The lowest BCUT2D eigenvalue weighted by molar-refractivity contribution is 0.208. The average molecular weight is 413 g/mol. The van der Waals surface area contributed by atoms with Crippen molar-refractivity contribution >= 4 is 17.5 Å². The Bertz CT molecular complexity index is 903. The van der Waals surface area contributed by atoms with Crippen molar-refractivity contribution in [3.05, 3.63) is 29.5 Å². The molecule has 1 saturated heterocycles. The minimum Gasteiger partial charge on any atom is -0.493 e. The Morgan fingerprint density at radius 3 is 2.27 bits per heavy atom. The van der Waals surface area contributed by atoms with Gasteiger partial charge in [-0.25, -0.2) is 4.79 Å². The number of nitrogens with one attached hydrogen (secondary N) is 1. The highest BCUT2D eigenvalue weighted by molar-refractivity contribution is 5.90. The van der Waals surface area contributed by atoms with Crippen LogP contribution in [0.3, 0.4) is 0 Å². The van der Waals surface area contributed by atoms with Gasteiger partial charge in [0.1, 0.15) is 0 Å². The lowest BCUT2D eigenvalue weighted by Gasteiger charge is -2.35. The third kappa shape index (κ3) is 3.92. The molecule has 0 saturated carbocycles. The molecule has 160 valence electrons. The molecule has 1 aromatic heterocycles. The summed E-state index contributed by atoms with van der Waals surface area (Å²) in [7, 11) is 4.64. The molecule has 2 amide bonds. The zero-order chi connectivity index (χ0) is 21.1. The van der Waals surface area contributed by atoms with E-state index >= 15 is 0 Å². The first kappa shape index (κ1) is 20.1. The third-order valence-electron chi connectivity index (χ3n) is 5.61. The molecule has 30 heavy (non-hydrogen) atoms. The maximum Gasteiger partial charge on any atom is 0.321 e. The molecule has 0 radical (unpaired) electrons. The number of amides is 2. The van der Waals surface area contributed by atoms with Crippen molar-refractivity contribution in [2.45, 2.75) is 19.3 Å². The molecule has 2 aromatic rings. The van der Waals surface area contributed by atoms with Crippen LogP contribution in [-0.2, 0) is 12.8 Å². The quantitative estimate of drug-likeness (QED) is 0.805. The van der Waals surface area contributed by atoms with E-state index in [1.165, 1.54) is 5.56 Å². The van der Waals surface area contributed by atoms with E-state index in [0.29, 0.717) is 36.0 Å². The molecule has 9 heteroatoms. The first-order valence-corrected chi connectivity index (χ1v) is 10.1. The molecule has 1 aromatic carbocycles. The number of anilines is 2. The normalized spacial score (nSPS) is 15.6. The number of methoxy groups -OCH3 is 3. The van der Waals surface area contributed by atoms with Crippen LogP contribution in [0.4, 0.5) is 16.3 Å². The van der Waals surface area contributed by atoms with E-state index in [4.69, 9.17) is 14.2 Å². The number of nitrogens with zero attached hydrogens (tertiary/aromatic N) is 4. The van der Waals surface area contributed by atoms with Crippen molar-refractivity contribution in [3.8, 4) is 17.2 Å². The second-order valence-corrected chi connectivity index (χ2v) is 7.35. The fourth-order valence-electron chi connectivity index (χ4n) is 3.97. The summed E-state index contributed by atoms with van der Waals surface area (Å²) in [4.78, 5) is 16.8. The number of aryl methyl sites for hydroxylation is 2. The van der Waals surface area contributed by atoms with E-state index in [-0.39, 0.29) is 6.03 Å². The highest BCUT2D eigenvalue weighted by Gasteiger charge is 2.24. The molecule has 0 spiro atoms. The molecule has 1 fully saturated rings. The molecule has 1 aliphatic carbocycles. The number of fused-ring (bicyclic) bond motifs is 1. The predicted octanol–water partition coefficient (Wildman–Crippen LogP) is 2.35. The van der Waals surface area contributed by atoms with Gasteiger partial charge in [-0.2, -0.15) is 5.10 Å². The Hall–Kier alpha value is -3.23. The van der Waals surface area contributed by atoms with Gasteiger partial charge in [-0.3, -0.25) is 0 Å². The molecule has 9 nitrogen and oxygen atoms in total. The van der Waals surface area contributed by atoms with Crippen LogP contribution in [0.15, 0.2) is 18.2 Å². The summed E-state index contributed by atoms with van der Waals surface area (Å²) >= 11 is 0. The van der Waals surface area contributed by atoms with Crippen molar-refractivity contribution < 1.29 is 19.0 Å². The predicted molar refractivity (Wildman–Crippen MR) is 113 cm³/mol. The molecular weight excluding hydrogens is 386 g/mol. The Kier molecular flexibility index (Phi) is 5.78. The van der Waals surface area contributed by atoms with E-state index in [9.17, 15) is 4.79 Å². The summed E-state index contributed by atoms with van der Waals surface area (Å²) in [6.07, 6.45) is 3.26. The zero-order valence-corrected chi connectivity index (χ0v) is 17.6. The van der Waals surface area contributed by atoms with Crippen LogP contribution >= 0.6 is 0 Å². The fraction of sp³-hybridized carbons (Fsp3) is 0.476. The second-order valence-electron chi connectivity index (χ2n) is 7.35. The second kappa shape index (κ2) is 8.64. The number of piperazine rings is 1. The number of rotatable bonds is 5. The van der Waals surface area contributed by atoms with Crippen molar-refractivity contribution in [2.24, 2.45) is 0 Å². The minimum absolute atomic E-state index is 0.163. The van der Waals surface area contributed by atoms with E-state index in [2.05, 4.69) is 26.5 Å². The molecule has 0 unspecified atom stereocenters. The standard InChI is InChI=1S/C21H27N5O4/c1-28-17-12-15(13-18(29-2)20(17)30-3)22-21(27)26-9-7-25(8-10-26)19-11-14-5-4-6-16(14)23-24-19/h11-13H,4-10H2,1-3H3,(H,22,27). The molecular formula is C21H27N5O4. The summed E-state index contributed by atoms with van der Waals surface area (Å²) in [6.45, 7) is 2.65. The van der Waals surface area contributed by atoms with Crippen LogP contribution in [-0.4, -0.2) is 68.6 Å². The molecule has 0 atom stereocenters. The summed E-state index contributed by atoms with van der Waals surface area (Å²) in [5, 5.41) is 11.7. The summed E-state index contributed by atoms with van der Waals surface area (Å²) in [6, 6.07) is 5.43. The molecule has 1 N–H and O–H groups in total. The van der Waals surface area contributed by atoms with E-state index < -0.39 is 0 Å². The maximum absolute atomic E-state index is 12.8. The van der Waals surface area contributed by atoms with Crippen molar-refractivity contribution in [1.82, 2.24) is 15.1 Å². The maximum atomic E-state index is 12.8. The van der Waals surface area contributed by atoms with Gasteiger partial charge >= 0.3 is 6.03 Å². The molecule has 1 aliphatic heterocycles. The van der Waals surface area contributed by atoms with Gasteiger partial charge in [-0.05, 0) is 30.9 Å². The number of carbonyl (C=O) groups excluding carboxylic acids is 1. The van der Waals surface area contributed by atoms with Crippen molar-refractivity contribution in [3.63, 3.8) is 0 Å². The lowest BCUT2D eigenvalue weighted by Crippen LogP contribution is -2.50. The van der Waals surface area contributed by atoms with Gasteiger partial charge in [-0.15, -0.1) is 5.10 Å². The fourth-order valence-corrected chi connectivity index (χ4v) is 3.97. The number of hydrogen-bond donors (Lipinski definition) is 1. The number of carbonyl (C=O) groups is 1. The van der Waals surface area contributed by atoms with Gasteiger partial charge < -0.3 is 29.3 Å². The highest BCUT2D eigenvalue weighted by atomic mass is 16.5. The SMILES string of the molecule is COc1cc(NC(=O)N2CCN(c3cc4c(nn3)CCC4)CC2)cc(OC)c1OC. The van der Waals surface area contributed by atoms with Gasteiger partial charge in [0.2, 0.25) is 5.75 Å². The molecule has 0 bridgehead atoms. The number of aromatic nitrogens is 2. The van der Waals surface area contributed by atoms with Gasteiger partial charge in [-0.1, -0.05) is 0 Å². The topological polar surface area (TPSA) is 89.1 Å². The summed E-state index contributed by atoms with van der Waals surface area (Å²) in [5.41, 5.74) is 3.02. The summed E-state index contributed by atoms with van der Waals surface area (Å²) in [5.74, 6) is 2.38. The van der Waals surface area contributed by atoms with Crippen molar-refractivity contribution in [2.75, 3.05) is 57.7 Å². The summed E-state index contributed by atoms with van der Waals surface area (Å²) < 4.78 is 16.0. The van der Waals surface area contributed by atoms with Crippen molar-refractivity contribution in [1.29, 1.82) is 0 Å². The van der Waals surface area contributed by atoms with Crippen LogP contribution in [0, 0.1) is 0 Å². The van der Waals surface area contributed by atoms with Crippen LogP contribution in [0.1, 0.15) is 17.7 Å². The minimum atomic E-state index is -0.163. The number of benzene rings is 1. The number of ether oxygens (including phenoxy) is 3. The first-order valence-electron chi connectivity index (χ1n) is 10.1. The van der Waals surface area contributed by atoms with Crippen LogP contribution in [0.5, 0.6) is 17.2 Å². The zero-order valence-electron chi connectivity index (χ0n) is 17.6. The van der Waals surface area contributed by atoms with E-state index in [1.54, 1.807) is 38.4 Å². The smallest absolute Gasteiger partial charge is 0.321 e. The van der Waals surface area contributed by atoms with Crippen LogP contribution in [0.25, 0.3) is 0 Å². The van der Waals surface area contributed by atoms with Gasteiger partial charge in [0, 0.05) is 38.3 Å². The molecule has 2 heterocycles. The highest BCUT2D eigenvalue weighted by Crippen LogP contribution is 2.40. The van der Waals surface area contributed by atoms with E-state index in [1.807, 2.05) is 0 Å². The lowest BCUT2D eigenvalue weighted by atomic mass is 10.2. The Labute approximate surface area is 175 Å².